The smallest absolute Gasteiger partial charge is 0.417 e. The number of halogens is 4. The van der Waals surface area contributed by atoms with Crippen molar-refractivity contribution in [2.75, 3.05) is 19.6 Å². The second-order valence-corrected chi connectivity index (χ2v) is 6.45. The number of hydrogen-bond acceptors (Lipinski definition) is 6. The van der Waals surface area contributed by atoms with Gasteiger partial charge in [-0.05, 0) is 12.1 Å². The van der Waals surface area contributed by atoms with Gasteiger partial charge in [0.25, 0.3) is 10.0 Å². The molecule has 0 aliphatic rings. The van der Waals surface area contributed by atoms with Gasteiger partial charge in [-0.1, -0.05) is 0 Å². The molecule has 0 spiro atoms. The highest BCUT2D eigenvalue weighted by Gasteiger charge is 2.30. The lowest BCUT2D eigenvalue weighted by Crippen LogP contribution is -2.30. The molecule has 0 saturated carbocycles. The second-order valence-electron chi connectivity index (χ2n) is 4.80. The van der Waals surface area contributed by atoms with Crippen molar-refractivity contribution in [3.63, 3.8) is 0 Å². The normalized spacial score (nSPS) is 11.9. The Morgan fingerprint density at radius 3 is 2.19 bits per heavy atom. The third kappa shape index (κ3) is 4.32. The van der Waals surface area contributed by atoms with E-state index in [1.54, 1.807) is 0 Å². The van der Waals surface area contributed by atoms with E-state index in [4.69, 9.17) is 9.47 Å². The molecular weight excluding hydrogens is 382 g/mol. The molecule has 0 aliphatic heterocycles. The Bertz CT molecular complexity index is 886. The first-order chi connectivity index (χ1) is 12.1. The number of methoxy groups -OCH3 is 2. The summed E-state index contributed by atoms with van der Waals surface area (Å²) in [6, 6.07) is 3.35. The van der Waals surface area contributed by atoms with Crippen LogP contribution < -0.4 is 19.7 Å². The molecular formula is C14H13F4N3O4S. The predicted octanol–water partition coefficient (Wildman–Crippen LogP) is 2.56. The number of alkyl halides is 3. The highest BCUT2D eigenvalue weighted by Crippen LogP contribution is 2.32. The number of nitrogens with one attached hydrogen (secondary N) is 2. The Morgan fingerprint density at radius 1 is 1.08 bits per heavy atom. The minimum absolute atomic E-state index is 0.0127. The Labute approximate surface area is 146 Å². The molecule has 12 heteroatoms. The van der Waals surface area contributed by atoms with E-state index >= 15 is 0 Å². The number of anilines is 1. The number of rotatable bonds is 6. The number of hydrogen-bond donors (Lipinski definition) is 2. The molecule has 0 fully saturated rings. The van der Waals surface area contributed by atoms with Crippen LogP contribution in [0.4, 0.5) is 23.4 Å². The maximum absolute atomic E-state index is 14.0. The van der Waals surface area contributed by atoms with Crippen LogP contribution in [-0.4, -0.2) is 27.6 Å². The van der Waals surface area contributed by atoms with Crippen LogP contribution in [0, 0.1) is 5.82 Å². The molecule has 0 aliphatic carbocycles. The quantitative estimate of drug-likeness (QED) is 0.577. The van der Waals surface area contributed by atoms with Gasteiger partial charge in [-0.15, -0.1) is 4.83 Å². The third-order valence-corrected chi connectivity index (χ3v) is 4.39. The summed E-state index contributed by atoms with van der Waals surface area (Å²) in [5, 5.41) is 0. The SMILES string of the molecule is COc1cc(F)c(S(=O)(=O)NNc2ccc(C(F)(F)F)cn2)cc1OC. The summed E-state index contributed by atoms with van der Waals surface area (Å²) in [4.78, 5) is 4.50. The Morgan fingerprint density at radius 2 is 1.69 bits per heavy atom. The number of nitrogens with zero attached hydrogens (tertiary/aromatic N) is 1. The van der Waals surface area contributed by atoms with Crippen molar-refractivity contribution in [1.29, 1.82) is 0 Å². The average molecular weight is 395 g/mol. The van der Waals surface area contributed by atoms with Crippen LogP contribution in [0.2, 0.25) is 0 Å². The maximum atomic E-state index is 14.0. The first-order valence-corrected chi connectivity index (χ1v) is 8.29. The average Bonchev–Trinajstić information content (AvgIpc) is 2.59. The van der Waals surface area contributed by atoms with E-state index in [0.29, 0.717) is 12.3 Å². The summed E-state index contributed by atoms with van der Waals surface area (Å²) in [5.74, 6) is -1.37. The summed E-state index contributed by atoms with van der Waals surface area (Å²) in [6.07, 6.45) is -4.05. The lowest BCUT2D eigenvalue weighted by molar-refractivity contribution is -0.137. The molecule has 2 aromatic rings. The molecule has 0 bridgehead atoms. The highest BCUT2D eigenvalue weighted by molar-refractivity contribution is 7.89. The van der Waals surface area contributed by atoms with Gasteiger partial charge in [0.15, 0.2) is 11.5 Å². The molecule has 0 atom stereocenters. The fourth-order valence-corrected chi connectivity index (χ4v) is 2.78. The summed E-state index contributed by atoms with van der Waals surface area (Å²) in [5.41, 5.74) is 1.10. The summed E-state index contributed by atoms with van der Waals surface area (Å²) < 4.78 is 85.6. The van der Waals surface area contributed by atoms with Crippen molar-refractivity contribution in [3.8, 4) is 11.5 Å². The van der Waals surface area contributed by atoms with E-state index in [-0.39, 0.29) is 17.3 Å². The molecule has 1 aromatic carbocycles. The lowest BCUT2D eigenvalue weighted by Gasteiger charge is -2.13. The minimum Gasteiger partial charge on any atom is -0.493 e. The third-order valence-electron chi connectivity index (χ3n) is 3.13. The van der Waals surface area contributed by atoms with Gasteiger partial charge < -0.3 is 9.47 Å². The Balaban J connectivity index is 2.21. The van der Waals surface area contributed by atoms with Crippen molar-refractivity contribution in [2.45, 2.75) is 11.1 Å². The van der Waals surface area contributed by atoms with Crippen LogP contribution in [0.3, 0.4) is 0 Å². The van der Waals surface area contributed by atoms with Crippen molar-refractivity contribution in [2.24, 2.45) is 0 Å². The van der Waals surface area contributed by atoms with Crippen LogP contribution in [-0.2, 0) is 16.2 Å². The first kappa shape index (κ1) is 19.7. The second kappa shape index (κ2) is 7.33. The predicted molar refractivity (Wildman–Crippen MR) is 82.7 cm³/mol. The number of sulfonamides is 1. The molecule has 7 nitrogen and oxygen atoms in total. The van der Waals surface area contributed by atoms with E-state index in [1.165, 1.54) is 14.2 Å². The van der Waals surface area contributed by atoms with Crippen molar-refractivity contribution >= 4 is 15.8 Å². The molecule has 0 unspecified atom stereocenters. The maximum Gasteiger partial charge on any atom is 0.417 e. The van der Waals surface area contributed by atoms with Crippen molar-refractivity contribution in [3.05, 3.63) is 41.8 Å². The number of ether oxygens (including phenoxy) is 2. The van der Waals surface area contributed by atoms with Crippen molar-refractivity contribution in [1.82, 2.24) is 9.82 Å². The van der Waals surface area contributed by atoms with E-state index < -0.39 is 32.5 Å². The van der Waals surface area contributed by atoms with Gasteiger partial charge in [0.05, 0.1) is 19.8 Å². The topological polar surface area (TPSA) is 89.6 Å². The van der Waals surface area contributed by atoms with Crippen LogP contribution in [0.1, 0.15) is 5.56 Å². The van der Waals surface area contributed by atoms with Gasteiger partial charge >= 0.3 is 6.18 Å². The number of pyridine rings is 1. The fraction of sp³-hybridized carbons (Fsp3) is 0.214. The summed E-state index contributed by atoms with van der Waals surface area (Å²) >= 11 is 0. The standard InChI is InChI=1S/C14H13F4N3O4S/c1-24-10-5-9(15)12(6-11(10)25-2)26(22,23)21-20-13-4-3-8(7-19-13)14(16,17)18/h3-7,21H,1-2H3,(H,19,20). The number of benzene rings is 1. The zero-order valence-corrected chi connectivity index (χ0v) is 14.2. The van der Waals surface area contributed by atoms with Gasteiger partial charge in [-0.2, -0.15) is 13.2 Å². The van der Waals surface area contributed by atoms with Gasteiger partial charge in [-0.3, -0.25) is 5.43 Å². The van der Waals surface area contributed by atoms with Gasteiger partial charge in [0, 0.05) is 18.3 Å². The largest absolute Gasteiger partial charge is 0.493 e. The van der Waals surface area contributed by atoms with Crippen molar-refractivity contribution < 1.29 is 35.5 Å². The molecule has 1 heterocycles. The van der Waals surface area contributed by atoms with E-state index in [9.17, 15) is 26.0 Å². The molecule has 0 saturated heterocycles. The highest BCUT2D eigenvalue weighted by atomic mass is 32.2. The zero-order chi connectivity index (χ0) is 19.5. The van der Waals surface area contributed by atoms with Gasteiger partial charge in [0.1, 0.15) is 16.5 Å². The van der Waals surface area contributed by atoms with Crippen LogP contribution in [0.25, 0.3) is 0 Å². The van der Waals surface area contributed by atoms with Gasteiger partial charge in [-0.25, -0.2) is 17.8 Å². The lowest BCUT2D eigenvalue weighted by atomic mass is 10.3. The molecule has 26 heavy (non-hydrogen) atoms. The van der Waals surface area contributed by atoms with Gasteiger partial charge in [0.2, 0.25) is 0 Å². The molecule has 0 amide bonds. The summed E-state index contributed by atoms with van der Waals surface area (Å²) in [7, 11) is -1.93. The molecule has 0 radical (unpaired) electrons. The molecule has 2 N–H and O–H groups in total. The summed E-state index contributed by atoms with van der Waals surface area (Å²) in [6.45, 7) is 0. The molecule has 142 valence electrons. The van der Waals surface area contributed by atoms with Crippen LogP contribution in [0.5, 0.6) is 11.5 Å². The zero-order valence-electron chi connectivity index (χ0n) is 13.4. The first-order valence-electron chi connectivity index (χ1n) is 6.81. The van der Waals surface area contributed by atoms with E-state index in [2.05, 4.69) is 10.4 Å². The number of aromatic nitrogens is 1. The Kier molecular flexibility index (Phi) is 5.56. The van der Waals surface area contributed by atoms with Crippen LogP contribution in [0.15, 0.2) is 35.4 Å². The van der Waals surface area contributed by atoms with Crippen LogP contribution >= 0.6 is 0 Å². The number of hydrazine groups is 1. The fourth-order valence-electron chi connectivity index (χ4n) is 1.85. The van der Waals surface area contributed by atoms with E-state index in [1.807, 2.05) is 4.83 Å². The monoisotopic (exact) mass is 395 g/mol. The minimum atomic E-state index is -4.58. The molecule has 1 aromatic heterocycles. The van der Waals surface area contributed by atoms with E-state index in [0.717, 1.165) is 18.2 Å². The Hall–Kier alpha value is -2.60. The molecule has 2 rings (SSSR count).